The fourth-order valence-corrected chi connectivity index (χ4v) is 2.23. The molecule has 1 atom stereocenters. The average Bonchev–Trinajstić information content (AvgIpc) is 2.08. The number of carbonyl (C=O) groups excluding carboxylic acids is 1. The highest BCUT2D eigenvalue weighted by molar-refractivity contribution is 8.00. The van der Waals surface area contributed by atoms with Crippen LogP contribution in [-0.2, 0) is 4.79 Å². The Bertz CT molecular complexity index is 158. The second-order valence-electron chi connectivity index (χ2n) is 2.91. The van der Waals surface area contributed by atoms with E-state index in [9.17, 15) is 9.90 Å². The van der Waals surface area contributed by atoms with Gasteiger partial charge in [0.2, 0.25) is 0 Å². The molecule has 58 valence electrons. The Kier molecular flexibility index (Phi) is 1.92. The van der Waals surface area contributed by atoms with Gasteiger partial charge in [0.15, 0.2) is 0 Å². The molecule has 10 heavy (non-hydrogen) atoms. The Labute approximate surface area is 64.2 Å². The molecule has 3 nitrogen and oxygen atoms in total. The molecule has 0 amide bonds. The van der Waals surface area contributed by atoms with Crippen molar-refractivity contribution in [2.45, 2.75) is 24.6 Å². The van der Waals surface area contributed by atoms with Gasteiger partial charge in [-0.15, -0.1) is 11.8 Å². The van der Waals surface area contributed by atoms with Crippen LogP contribution in [-0.4, -0.2) is 22.6 Å². The van der Waals surface area contributed by atoms with Gasteiger partial charge in [-0.05, 0) is 13.8 Å². The number of hydrogen-bond acceptors (Lipinski definition) is 4. The summed E-state index contributed by atoms with van der Waals surface area (Å²) in [6.45, 7) is 3.74. The van der Waals surface area contributed by atoms with Crippen molar-refractivity contribution >= 4 is 17.7 Å². The molecule has 0 aliphatic carbocycles. The molecule has 0 radical (unpaired) electrons. The lowest BCUT2D eigenvalue weighted by molar-refractivity contribution is -0.305. The van der Waals surface area contributed by atoms with E-state index in [1.807, 2.05) is 13.8 Å². The van der Waals surface area contributed by atoms with E-state index in [-0.39, 0.29) is 5.54 Å². The third kappa shape index (κ3) is 1.27. The largest absolute Gasteiger partial charge is 0.549 e. The van der Waals surface area contributed by atoms with Crippen molar-refractivity contribution in [1.82, 2.24) is 5.32 Å². The zero-order valence-corrected chi connectivity index (χ0v) is 6.83. The molecule has 1 N–H and O–H groups in total. The fourth-order valence-electron chi connectivity index (χ4n) is 0.975. The molecular formula is C6H10NO2S-. The molecule has 1 aliphatic heterocycles. The second-order valence-corrected chi connectivity index (χ2v) is 4.00. The van der Waals surface area contributed by atoms with E-state index in [2.05, 4.69) is 5.32 Å². The van der Waals surface area contributed by atoms with Crippen LogP contribution in [0.25, 0.3) is 0 Å². The molecule has 0 unspecified atom stereocenters. The van der Waals surface area contributed by atoms with Gasteiger partial charge in [0.05, 0.1) is 11.2 Å². The summed E-state index contributed by atoms with van der Waals surface area (Å²) < 4.78 is 0. The van der Waals surface area contributed by atoms with Crippen LogP contribution >= 0.6 is 11.8 Å². The molecular weight excluding hydrogens is 150 g/mol. The summed E-state index contributed by atoms with van der Waals surface area (Å²) in [7, 11) is 0. The van der Waals surface area contributed by atoms with Gasteiger partial charge in [-0.1, -0.05) is 0 Å². The van der Waals surface area contributed by atoms with Crippen LogP contribution in [0.15, 0.2) is 0 Å². The van der Waals surface area contributed by atoms with Gasteiger partial charge >= 0.3 is 0 Å². The fraction of sp³-hybridized carbons (Fsp3) is 0.833. The van der Waals surface area contributed by atoms with Gasteiger partial charge in [0, 0.05) is 11.4 Å². The lowest BCUT2D eigenvalue weighted by atomic mass is 10.0. The minimum atomic E-state index is -0.972. The molecule has 4 heteroatoms. The van der Waals surface area contributed by atoms with Crippen LogP contribution in [0.4, 0.5) is 0 Å². The third-order valence-corrected chi connectivity index (χ3v) is 3.07. The van der Waals surface area contributed by atoms with Crippen molar-refractivity contribution in [2.24, 2.45) is 0 Å². The lowest BCUT2D eigenvalue weighted by Crippen LogP contribution is -2.49. The standard InChI is InChI=1S/C6H11NO2S/c1-6(2)4(5(8)9)10-3-7-6/h4,7H,3H2,1-2H3,(H,8,9)/p-1/t4-/m0/s1. The van der Waals surface area contributed by atoms with E-state index in [1.165, 1.54) is 11.8 Å². The normalized spacial score (nSPS) is 30.4. The first-order valence-electron chi connectivity index (χ1n) is 3.11. The molecule has 1 fully saturated rings. The summed E-state index contributed by atoms with van der Waals surface area (Å²) in [6, 6.07) is 0. The van der Waals surface area contributed by atoms with E-state index in [0.29, 0.717) is 5.88 Å². The number of carboxylic acids is 1. The highest BCUT2D eigenvalue weighted by atomic mass is 32.2. The predicted molar refractivity (Wildman–Crippen MR) is 38.5 cm³/mol. The van der Waals surface area contributed by atoms with Gasteiger partial charge in [-0.25, -0.2) is 0 Å². The van der Waals surface area contributed by atoms with Crippen LogP contribution in [0.3, 0.4) is 0 Å². The van der Waals surface area contributed by atoms with Crippen LogP contribution in [0.5, 0.6) is 0 Å². The zero-order chi connectivity index (χ0) is 7.78. The summed E-state index contributed by atoms with van der Waals surface area (Å²) >= 11 is 1.38. The van der Waals surface area contributed by atoms with Gasteiger partial charge < -0.3 is 15.2 Å². The summed E-state index contributed by atoms with van der Waals surface area (Å²) in [4.78, 5) is 10.4. The highest BCUT2D eigenvalue weighted by Gasteiger charge is 2.35. The zero-order valence-electron chi connectivity index (χ0n) is 6.01. The highest BCUT2D eigenvalue weighted by Crippen LogP contribution is 2.28. The average molecular weight is 160 g/mol. The number of rotatable bonds is 1. The summed E-state index contributed by atoms with van der Waals surface area (Å²) in [6.07, 6.45) is 0. The van der Waals surface area contributed by atoms with Gasteiger partial charge in [0.25, 0.3) is 0 Å². The van der Waals surface area contributed by atoms with Crippen molar-refractivity contribution in [2.75, 3.05) is 5.88 Å². The van der Waals surface area contributed by atoms with Gasteiger partial charge in [-0.2, -0.15) is 0 Å². The minimum absolute atomic E-state index is 0.316. The van der Waals surface area contributed by atoms with E-state index in [0.717, 1.165) is 0 Å². The van der Waals surface area contributed by atoms with Crippen molar-refractivity contribution in [3.63, 3.8) is 0 Å². The maximum atomic E-state index is 10.4. The van der Waals surface area contributed by atoms with Crippen LogP contribution < -0.4 is 10.4 Å². The first-order valence-corrected chi connectivity index (χ1v) is 4.16. The van der Waals surface area contributed by atoms with Crippen LogP contribution in [0, 0.1) is 0 Å². The monoisotopic (exact) mass is 160 g/mol. The number of carbonyl (C=O) groups is 1. The molecule has 0 bridgehead atoms. The molecule has 1 rings (SSSR count). The number of thioether (sulfide) groups is 1. The molecule has 0 aromatic rings. The van der Waals surface area contributed by atoms with Crippen molar-refractivity contribution < 1.29 is 9.90 Å². The Morgan fingerprint density at radius 1 is 1.80 bits per heavy atom. The maximum Gasteiger partial charge on any atom is 0.0632 e. The molecule has 0 saturated carbocycles. The second kappa shape index (κ2) is 2.43. The van der Waals surface area contributed by atoms with E-state index in [1.54, 1.807) is 0 Å². The predicted octanol–water partition coefficient (Wildman–Crippen LogP) is -0.823. The Morgan fingerprint density at radius 2 is 2.40 bits per heavy atom. The number of aliphatic carboxylic acids is 1. The SMILES string of the molecule is CC1(C)NCS[C@H]1C(=O)[O-]. The van der Waals surface area contributed by atoms with Crippen molar-refractivity contribution in [1.29, 1.82) is 0 Å². The Morgan fingerprint density at radius 3 is 2.60 bits per heavy atom. The Hall–Kier alpha value is -0.220. The first kappa shape index (κ1) is 7.88. The van der Waals surface area contributed by atoms with Gasteiger partial charge in [-0.3, -0.25) is 0 Å². The number of nitrogens with one attached hydrogen (secondary N) is 1. The van der Waals surface area contributed by atoms with E-state index in [4.69, 9.17) is 0 Å². The molecule has 0 aromatic heterocycles. The van der Waals surface area contributed by atoms with Crippen molar-refractivity contribution in [3.05, 3.63) is 0 Å². The van der Waals surface area contributed by atoms with Crippen molar-refractivity contribution in [3.8, 4) is 0 Å². The van der Waals surface area contributed by atoms with Gasteiger partial charge in [0.1, 0.15) is 0 Å². The molecule has 0 aromatic carbocycles. The molecule has 0 spiro atoms. The molecule has 1 heterocycles. The summed E-state index contributed by atoms with van der Waals surface area (Å²) in [5, 5.41) is 13.1. The van der Waals surface area contributed by atoms with Crippen LogP contribution in [0.2, 0.25) is 0 Å². The number of hydrogen-bond donors (Lipinski definition) is 1. The maximum absolute atomic E-state index is 10.4. The quantitative estimate of drug-likeness (QED) is 0.544. The first-order chi connectivity index (χ1) is 4.54. The molecule has 1 aliphatic rings. The topological polar surface area (TPSA) is 52.2 Å². The summed E-state index contributed by atoms with van der Waals surface area (Å²) in [5.41, 5.74) is -0.316. The minimum Gasteiger partial charge on any atom is -0.549 e. The van der Waals surface area contributed by atoms with Crippen LogP contribution in [0.1, 0.15) is 13.8 Å². The smallest absolute Gasteiger partial charge is 0.0632 e. The Balaban J connectivity index is 2.68. The van der Waals surface area contributed by atoms with E-state index < -0.39 is 11.2 Å². The lowest BCUT2D eigenvalue weighted by Gasteiger charge is -2.26. The summed E-state index contributed by atoms with van der Waals surface area (Å²) in [5.74, 6) is -0.272. The molecule has 1 saturated heterocycles. The number of carboxylic acid groups (broad SMARTS) is 1. The third-order valence-electron chi connectivity index (χ3n) is 1.65. The van der Waals surface area contributed by atoms with E-state index >= 15 is 0 Å².